The first-order valence-corrected chi connectivity index (χ1v) is 7.94. The Morgan fingerprint density at radius 1 is 0.846 bits per heavy atom. The minimum Gasteiger partial charge on any atom is -0.892 e. The van der Waals surface area contributed by atoms with Gasteiger partial charge in [-0.25, -0.2) is 29.9 Å². The minimum absolute atomic E-state index is 0.145. The zero-order valence-corrected chi connectivity index (χ0v) is 15.3. The maximum absolute atomic E-state index is 12.1. The van der Waals surface area contributed by atoms with Crippen LogP contribution in [0.5, 0.6) is 0 Å². The predicted molar refractivity (Wildman–Crippen MR) is 97.5 cm³/mol. The zero-order chi connectivity index (χ0) is 18.9. The number of methoxy groups -OCH3 is 4. The largest absolute Gasteiger partial charge is 0.892 e. The molecule has 2 aliphatic rings. The molecule has 2 aliphatic carbocycles. The van der Waals surface area contributed by atoms with Gasteiger partial charge in [0.15, 0.2) is 0 Å². The molecular formula is C21H22O5-4. The quantitative estimate of drug-likeness (QED) is 0.520. The third-order valence-electron chi connectivity index (χ3n) is 3.63. The maximum Gasteiger partial charge on any atom is 0.0751 e. The molecule has 0 aromatic heterocycles. The third kappa shape index (κ3) is 5.41. The van der Waals surface area contributed by atoms with Crippen LogP contribution < -0.4 is 5.11 Å². The molecule has 0 atom stereocenters. The van der Waals surface area contributed by atoms with Gasteiger partial charge in [-0.2, -0.15) is 24.1 Å². The van der Waals surface area contributed by atoms with Crippen LogP contribution in [0, 0.1) is 19.3 Å². The van der Waals surface area contributed by atoms with E-state index in [1.54, 1.807) is 52.7 Å². The van der Waals surface area contributed by atoms with Crippen molar-refractivity contribution in [3.8, 4) is 0 Å². The fraction of sp³-hybridized carbons (Fsp3) is 0.190. The summed E-state index contributed by atoms with van der Waals surface area (Å²) in [6, 6.07) is 0. The van der Waals surface area contributed by atoms with E-state index >= 15 is 0 Å². The molecular weight excluding hydrogens is 332 g/mol. The van der Waals surface area contributed by atoms with Crippen molar-refractivity contribution in [3.05, 3.63) is 102 Å². The monoisotopic (exact) mass is 354 g/mol. The molecule has 0 aromatic rings. The molecule has 0 bridgehead atoms. The highest BCUT2D eigenvalue weighted by atomic mass is 16.5. The van der Waals surface area contributed by atoms with Gasteiger partial charge in [-0.1, -0.05) is 12.2 Å². The van der Waals surface area contributed by atoms with Crippen molar-refractivity contribution in [2.75, 3.05) is 28.4 Å². The van der Waals surface area contributed by atoms with Gasteiger partial charge in [0.1, 0.15) is 0 Å². The van der Waals surface area contributed by atoms with Gasteiger partial charge in [0.05, 0.1) is 28.4 Å². The van der Waals surface area contributed by atoms with E-state index in [-0.39, 0.29) is 5.76 Å². The summed E-state index contributed by atoms with van der Waals surface area (Å²) in [7, 11) is 6.33. The standard InChI is InChI=1S/C21H23O5/c1-23-18-9-15(10-19(13-18)24-2)5-7-17(22)8-6-16-11-20(25-3)14-21(12-16)26-4/h5-14,22H,1-4H3/q-3/p-1. The molecule has 0 saturated carbocycles. The van der Waals surface area contributed by atoms with E-state index in [9.17, 15) is 5.11 Å². The Hall–Kier alpha value is -3.21. The predicted octanol–water partition coefficient (Wildman–Crippen LogP) is 2.84. The molecule has 0 spiro atoms. The second-order valence-corrected chi connectivity index (χ2v) is 5.36. The van der Waals surface area contributed by atoms with E-state index in [4.69, 9.17) is 18.9 Å². The lowest BCUT2D eigenvalue weighted by Gasteiger charge is -2.28. The summed E-state index contributed by atoms with van der Waals surface area (Å²) >= 11 is 0. The average molecular weight is 354 g/mol. The number of allylic oxidation sites excluding steroid dienone is 9. The Labute approximate surface area is 154 Å². The van der Waals surface area contributed by atoms with Gasteiger partial charge in [0.2, 0.25) is 0 Å². The molecule has 0 N–H and O–H groups in total. The fourth-order valence-corrected chi connectivity index (χ4v) is 2.26. The van der Waals surface area contributed by atoms with Crippen LogP contribution in [0.15, 0.2) is 82.5 Å². The van der Waals surface area contributed by atoms with Crippen LogP contribution in [-0.4, -0.2) is 28.4 Å². The van der Waals surface area contributed by atoms with Gasteiger partial charge in [-0.3, -0.25) is 0 Å². The summed E-state index contributed by atoms with van der Waals surface area (Å²) in [5.41, 5.74) is 1.62. The van der Waals surface area contributed by atoms with E-state index in [1.807, 2.05) is 25.0 Å². The molecule has 0 radical (unpaired) electrons. The van der Waals surface area contributed by atoms with Crippen molar-refractivity contribution in [1.82, 2.24) is 0 Å². The molecule has 0 unspecified atom stereocenters. The van der Waals surface area contributed by atoms with Crippen LogP contribution in [-0.2, 0) is 18.9 Å². The van der Waals surface area contributed by atoms with Crippen molar-refractivity contribution >= 4 is 0 Å². The number of hydrogen-bond donors (Lipinski definition) is 0. The summed E-state index contributed by atoms with van der Waals surface area (Å²) in [5, 5.41) is 12.1. The molecule has 26 heavy (non-hydrogen) atoms. The molecule has 0 heterocycles. The molecule has 5 heteroatoms. The molecule has 0 amide bonds. The van der Waals surface area contributed by atoms with Crippen LogP contribution in [0.1, 0.15) is 0 Å². The highest BCUT2D eigenvalue weighted by Gasteiger charge is 2.00. The highest BCUT2D eigenvalue weighted by Crippen LogP contribution is 2.23. The first kappa shape index (κ1) is 19.1. The summed E-state index contributed by atoms with van der Waals surface area (Å²) < 4.78 is 20.9. The molecule has 5 nitrogen and oxygen atoms in total. The third-order valence-corrected chi connectivity index (χ3v) is 3.63. The number of ether oxygens (including phenoxy) is 4. The second kappa shape index (κ2) is 9.32. The van der Waals surface area contributed by atoms with Crippen LogP contribution in [0.2, 0.25) is 0 Å². The lowest BCUT2D eigenvalue weighted by Crippen LogP contribution is -2.05. The molecule has 0 aliphatic heterocycles. The Bertz CT molecular complexity index is 730. The van der Waals surface area contributed by atoms with Crippen LogP contribution in [0.3, 0.4) is 0 Å². The van der Waals surface area contributed by atoms with E-state index in [0.29, 0.717) is 23.0 Å². The van der Waals surface area contributed by atoms with Gasteiger partial charge < -0.3 is 24.1 Å². The van der Waals surface area contributed by atoms with E-state index in [1.165, 1.54) is 12.5 Å². The fourth-order valence-electron chi connectivity index (χ4n) is 2.26. The van der Waals surface area contributed by atoms with Gasteiger partial charge in [0, 0.05) is 23.0 Å². The van der Waals surface area contributed by atoms with Crippen molar-refractivity contribution < 1.29 is 24.1 Å². The lowest BCUT2D eigenvalue weighted by atomic mass is 10.0. The van der Waals surface area contributed by atoms with Gasteiger partial charge in [-0.05, 0) is 0 Å². The SMILES string of the molecule is COC1=CC(=CC=C([O-])[CH-]C=C2C=C(OC)C=C(OC)[CH-]2)[CH-]C(OC)=C1. The topological polar surface area (TPSA) is 60.0 Å². The number of hydrogen-bond acceptors (Lipinski definition) is 5. The van der Waals surface area contributed by atoms with E-state index in [0.717, 1.165) is 11.1 Å². The Kier molecular flexibility index (Phi) is 6.85. The van der Waals surface area contributed by atoms with Crippen LogP contribution in [0.4, 0.5) is 0 Å². The number of rotatable bonds is 7. The minimum atomic E-state index is -0.145. The zero-order valence-electron chi connectivity index (χ0n) is 15.3. The Morgan fingerprint density at radius 2 is 1.38 bits per heavy atom. The molecule has 2 rings (SSSR count). The summed E-state index contributed by atoms with van der Waals surface area (Å²) in [5.74, 6) is 2.51. The van der Waals surface area contributed by atoms with Gasteiger partial charge in [0.25, 0.3) is 0 Å². The van der Waals surface area contributed by atoms with Crippen molar-refractivity contribution in [1.29, 1.82) is 0 Å². The Morgan fingerprint density at radius 3 is 1.92 bits per heavy atom. The summed E-state index contributed by atoms with van der Waals surface area (Å²) in [6.45, 7) is 0. The van der Waals surface area contributed by atoms with Crippen molar-refractivity contribution in [2.45, 2.75) is 0 Å². The van der Waals surface area contributed by atoms with Crippen molar-refractivity contribution in [3.63, 3.8) is 0 Å². The first-order valence-electron chi connectivity index (χ1n) is 7.94. The lowest BCUT2D eigenvalue weighted by molar-refractivity contribution is -0.297. The highest BCUT2D eigenvalue weighted by molar-refractivity contribution is 5.48. The Balaban J connectivity index is 2.05. The first-order chi connectivity index (χ1) is 12.6. The second-order valence-electron chi connectivity index (χ2n) is 5.36. The molecule has 140 valence electrons. The van der Waals surface area contributed by atoms with E-state index < -0.39 is 0 Å². The maximum atomic E-state index is 12.1. The van der Waals surface area contributed by atoms with Gasteiger partial charge in [-0.15, -0.1) is 12.5 Å². The normalized spacial score (nSPS) is 20.1. The van der Waals surface area contributed by atoms with E-state index in [2.05, 4.69) is 0 Å². The molecule has 0 saturated heterocycles. The van der Waals surface area contributed by atoms with Crippen molar-refractivity contribution in [2.24, 2.45) is 0 Å². The van der Waals surface area contributed by atoms with Crippen LogP contribution in [0.25, 0.3) is 0 Å². The molecule has 0 fully saturated rings. The van der Waals surface area contributed by atoms with Crippen LogP contribution >= 0.6 is 0 Å². The molecule has 0 aromatic carbocycles. The summed E-state index contributed by atoms with van der Waals surface area (Å²) in [4.78, 5) is 0. The smallest absolute Gasteiger partial charge is 0.0751 e. The van der Waals surface area contributed by atoms with Gasteiger partial charge >= 0.3 is 0 Å². The summed E-state index contributed by atoms with van der Waals surface area (Å²) in [6.07, 6.45) is 17.2. The average Bonchev–Trinajstić information content (AvgIpc) is 2.69.